The van der Waals surface area contributed by atoms with E-state index >= 15 is 0 Å². The second-order valence-electron chi connectivity index (χ2n) is 4.52. The van der Waals surface area contributed by atoms with Crippen LogP contribution >= 0.6 is 27.5 Å². The van der Waals surface area contributed by atoms with Gasteiger partial charge in [-0.05, 0) is 30.3 Å². The predicted molar refractivity (Wildman–Crippen MR) is 83.0 cm³/mol. The van der Waals surface area contributed by atoms with Gasteiger partial charge in [-0.1, -0.05) is 33.6 Å². The third-order valence-electron chi connectivity index (χ3n) is 2.99. The van der Waals surface area contributed by atoms with E-state index in [4.69, 9.17) is 11.6 Å². The molecule has 2 rings (SSSR count). The average molecular weight is 373 g/mol. The molecular formula is C15H12BrClFNO2. The smallest absolute Gasteiger partial charge is 0.257 e. The quantitative estimate of drug-likeness (QED) is 0.876. The summed E-state index contributed by atoms with van der Waals surface area (Å²) in [5.74, 6) is -1.02. The van der Waals surface area contributed by atoms with E-state index in [1.165, 1.54) is 36.2 Å². The van der Waals surface area contributed by atoms with Crippen LogP contribution in [0.5, 0.6) is 5.75 Å². The van der Waals surface area contributed by atoms with Crippen molar-refractivity contribution in [3.05, 3.63) is 62.8 Å². The summed E-state index contributed by atoms with van der Waals surface area (Å²) in [7, 11) is 1.52. The lowest BCUT2D eigenvalue weighted by atomic mass is 10.1. The van der Waals surface area contributed by atoms with E-state index < -0.39 is 11.7 Å². The number of halogens is 3. The Morgan fingerprint density at radius 3 is 2.76 bits per heavy atom. The molecule has 0 aliphatic heterocycles. The van der Waals surface area contributed by atoms with E-state index in [2.05, 4.69) is 15.9 Å². The summed E-state index contributed by atoms with van der Waals surface area (Å²) in [6.07, 6.45) is 0. The van der Waals surface area contributed by atoms with Gasteiger partial charge in [0.25, 0.3) is 5.91 Å². The van der Waals surface area contributed by atoms with Crippen LogP contribution in [0.1, 0.15) is 15.9 Å². The molecule has 0 aliphatic carbocycles. The number of carbonyl (C=O) groups is 1. The van der Waals surface area contributed by atoms with Gasteiger partial charge >= 0.3 is 0 Å². The summed E-state index contributed by atoms with van der Waals surface area (Å²) in [6.45, 7) is 0.0102. The Bertz CT molecular complexity index is 673. The van der Waals surface area contributed by atoms with Crippen molar-refractivity contribution in [2.24, 2.45) is 0 Å². The number of phenols is 1. The molecule has 0 unspecified atom stereocenters. The zero-order valence-electron chi connectivity index (χ0n) is 11.1. The Morgan fingerprint density at radius 1 is 1.38 bits per heavy atom. The van der Waals surface area contributed by atoms with E-state index in [0.29, 0.717) is 4.47 Å². The van der Waals surface area contributed by atoms with Gasteiger partial charge in [-0.15, -0.1) is 0 Å². The van der Waals surface area contributed by atoms with Crippen LogP contribution in [0.2, 0.25) is 5.02 Å². The number of benzene rings is 2. The first kappa shape index (κ1) is 15.8. The molecule has 21 heavy (non-hydrogen) atoms. The predicted octanol–water partition coefficient (Wildman–Crippen LogP) is 4.22. The van der Waals surface area contributed by atoms with Gasteiger partial charge in [0, 0.05) is 28.7 Å². The van der Waals surface area contributed by atoms with Crippen molar-refractivity contribution in [1.29, 1.82) is 0 Å². The zero-order chi connectivity index (χ0) is 15.6. The number of hydrogen-bond donors (Lipinski definition) is 1. The van der Waals surface area contributed by atoms with Crippen LogP contribution in [0.15, 0.2) is 40.9 Å². The summed E-state index contributed by atoms with van der Waals surface area (Å²) in [5, 5.41) is 10.0. The highest BCUT2D eigenvalue weighted by atomic mass is 79.9. The van der Waals surface area contributed by atoms with E-state index in [0.717, 1.165) is 0 Å². The SMILES string of the molecule is CN(Cc1c(F)cccc1Cl)C(=O)c1cc(Br)ccc1O. The lowest BCUT2D eigenvalue weighted by Crippen LogP contribution is -2.27. The summed E-state index contributed by atoms with van der Waals surface area (Å²) >= 11 is 9.19. The zero-order valence-corrected chi connectivity index (χ0v) is 13.4. The lowest BCUT2D eigenvalue weighted by molar-refractivity contribution is 0.0781. The minimum absolute atomic E-state index is 0.0102. The molecule has 0 radical (unpaired) electrons. The molecule has 0 saturated carbocycles. The number of aromatic hydroxyl groups is 1. The van der Waals surface area contributed by atoms with Crippen molar-refractivity contribution in [3.8, 4) is 5.75 Å². The van der Waals surface area contributed by atoms with Crippen LogP contribution in [-0.2, 0) is 6.54 Å². The molecule has 6 heteroatoms. The molecular weight excluding hydrogens is 361 g/mol. The van der Waals surface area contributed by atoms with Crippen molar-refractivity contribution >= 4 is 33.4 Å². The van der Waals surface area contributed by atoms with Gasteiger partial charge in [0.05, 0.1) is 5.56 Å². The summed E-state index contributed by atoms with van der Waals surface area (Å²) in [5.41, 5.74) is 0.379. The Hall–Kier alpha value is -1.59. The number of phenolic OH excluding ortho intramolecular Hbond substituents is 1. The highest BCUT2D eigenvalue weighted by molar-refractivity contribution is 9.10. The Balaban J connectivity index is 2.26. The molecule has 0 aliphatic rings. The van der Waals surface area contributed by atoms with Gasteiger partial charge in [0.15, 0.2) is 0 Å². The number of amides is 1. The maximum absolute atomic E-state index is 13.7. The molecule has 0 aromatic heterocycles. The average Bonchev–Trinajstić information content (AvgIpc) is 2.44. The molecule has 2 aromatic carbocycles. The van der Waals surface area contributed by atoms with Gasteiger partial charge in [-0.3, -0.25) is 4.79 Å². The Labute approximate surface area is 135 Å². The van der Waals surface area contributed by atoms with Crippen molar-refractivity contribution in [2.45, 2.75) is 6.54 Å². The normalized spacial score (nSPS) is 10.5. The van der Waals surface area contributed by atoms with Crippen LogP contribution in [0.4, 0.5) is 4.39 Å². The third-order valence-corrected chi connectivity index (χ3v) is 3.84. The van der Waals surface area contributed by atoms with E-state index in [-0.39, 0.29) is 28.4 Å². The topological polar surface area (TPSA) is 40.5 Å². The molecule has 0 heterocycles. The Morgan fingerprint density at radius 2 is 2.10 bits per heavy atom. The monoisotopic (exact) mass is 371 g/mol. The largest absolute Gasteiger partial charge is 0.507 e. The lowest BCUT2D eigenvalue weighted by Gasteiger charge is -2.19. The first-order valence-electron chi connectivity index (χ1n) is 6.07. The molecule has 110 valence electrons. The third kappa shape index (κ3) is 3.54. The van der Waals surface area contributed by atoms with Crippen molar-refractivity contribution in [2.75, 3.05) is 7.05 Å². The molecule has 0 saturated heterocycles. The van der Waals surface area contributed by atoms with E-state index in [1.807, 2.05) is 0 Å². The molecule has 0 bridgehead atoms. The summed E-state index contributed by atoms with van der Waals surface area (Å²) in [6, 6.07) is 8.91. The second kappa shape index (κ2) is 6.45. The van der Waals surface area contributed by atoms with Crippen LogP contribution in [0.25, 0.3) is 0 Å². The second-order valence-corrected chi connectivity index (χ2v) is 5.85. The van der Waals surface area contributed by atoms with Gasteiger partial charge in [-0.2, -0.15) is 0 Å². The Kier molecular flexibility index (Phi) is 4.85. The van der Waals surface area contributed by atoms with Crippen molar-refractivity contribution in [3.63, 3.8) is 0 Å². The molecule has 2 aromatic rings. The highest BCUT2D eigenvalue weighted by Gasteiger charge is 2.18. The van der Waals surface area contributed by atoms with E-state index in [1.54, 1.807) is 12.1 Å². The van der Waals surface area contributed by atoms with Crippen LogP contribution in [-0.4, -0.2) is 23.0 Å². The number of carbonyl (C=O) groups excluding carboxylic acids is 1. The molecule has 3 nitrogen and oxygen atoms in total. The van der Waals surface area contributed by atoms with Crippen molar-refractivity contribution in [1.82, 2.24) is 4.90 Å². The van der Waals surface area contributed by atoms with Gasteiger partial charge in [0.1, 0.15) is 11.6 Å². The van der Waals surface area contributed by atoms with Gasteiger partial charge < -0.3 is 10.0 Å². The molecule has 1 amide bonds. The highest BCUT2D eigenvalue weighted by Crippen LogP contribution is 2.25. The molecule has 0 spiro atoms. The van der Waals surface area contributed by atoms with Crippen LogP contribution < -0.4 is 0 Å². The molecule has 1 N–H and O–H groups in total. The number of hydrogen-bond acceptors (Lipinski definition) is 2. The fourth-order valence-corrected chi connectivity index (χ4v) is 2.46. The molecule has 0 fully saturated rings. The van der Waals surface area contributed by atoms with E-state index in [9.17, 15) is 14.3 Å². The van der Waals surface area contributed by atoms with Gasteiger partial charge in [-0.25, -0.2) is 4.39 Å². The van der Waals surface area contributed by atoms with Gasteiger partial charge in [0.2, 0.25) is 0 Å². The minimum atomic E-state index is -0.472. The number of rotatable bonds is 3. The maximum Gasteiger partial charge on any atom is 0.257 e. The summed E-state index contributed by atoms with van der Waals surface area (Å²) < 4.78 is 14.4. The van der Waals surface area contributed by atoms with Crippen LogP contribution in [0, 0.1) is 5.82 Å². The van der Waals surface area contributed by atoms with Crippen molar-refractivity contribution < 1.29 is 14.3 Å². The first-order valence-corrected chi connectivity index (χ1v) is 7.24. The first-order chi connectivity index (χ1) is 9.90. The fraction of sp³-hybridized carbons (Fsp3) is 0.133. The minimum Gasteiger partial charge on any atom is -0.507 e. The maximum atomic E-state index is 13.7. The fourth-order valence-electron chi connectivity index (χ4n) is 1.88. The summed E-state index contributed by atoms with van der Waals surface area (Å²) in [4.78, 5) is 13.6. The standard InChI is InChI=1S/C15H12BrClFNO2/c1-19(8-11-12(17)3-2-4-13(11)18)15(21)10-7-9(16)5-6-14(10)20/h2-7,20H,8H2,1H3. The van der Waals surface area contributed by atoms with Crippen LogP contribution in [0.3, 0.4) is 0 Å². The molecule has 0 atom stereocenters. The number of nitrogens with zero attached hydrogens (tertiary/aromatic N) is 1.